The summed E-state index contributed by atoms with van der Waals surface area (Å²) in [5.41, 5.74) is 6.97. The van der Waals surface area contributed by atoms with E-state index >= 15 is 0 Å². The molecular weight excluding hydrogens is 250 g/mol. The third-order valence-corrected chi connectivity index (χ3v) is 3.46. The second kappa shape index (κ2) is 6.18. The first-order valence-corrected chi connectivity index (χ1v) is 6.55. The molecule has 0 spiro atoms. The monoisotopic (exact) mass is 267 g/mol. The van der Waals surface area contributed by atoms with Crippen LogP contribution in [0.2, 0.25) is 5.02 Å². The molecule has 0 saturated carbocycles. The highest BCUT2D eigenvalue weighted by Gasteiger charge is 2.23. The average Bonchev–Trinajstić information content (AvgIpc) is 2.57. The molecular formula is C13H18ClN3O. The van der Waals surface area contributed by atoms with Crippen LogP contribution in [0.5, 0.6) is 0 Å². The Morgan fingerprint density at radius 3 is 2.78 bits per heavy atom. The van der Waals surface area contributed by atoms with Crippen molar-refractivity contribution in [3.63, 3.8) is 0 Å². The van der Waals surface area contributed by atoms with Gasteiger partial charge in [-0.1, -0.05) is 23.7 Å². The molecule has 1 saturated heterocycles. The third-order valence-electron chi connectivity index (χ3n) is 3.21. The Kier molecular flexibility index (Phi) is 4.58. The molecule has 1 aromatic carbocycles. The Balaban J connectivity index is 2.16. The molecule has 5 heteroatoms. The minimum absolute atomic E-state index is 0.0694. The van der Waals surface area contributed by atoms with Crippen LogP contribution < -0.4 is 11.1 Å². The molecule has 1 aromatic rings. The summed E-state index contributed by atoms with van der Waals surface area (Å²) >= 11 is 5.89. The van der Waals surface area contributed by atoms with Crippen LogP contribution >= 0.6 is 11.6 Å². The smallest absolute Gasteiger partial charge is 0.234 e. The number of nitrogens with one attached hydrogen (secondary N) is 1. The molecule has 1 atom stereocenters. The predicted molar refractivity (Wildman–Crippen MR) is 72.4 cm³/mol. The average molecular weight is 268 g/mol. The maximum absolute atomic E-state index is 11.6. The second-order valence-corrected chi connectivity index (χ2v) is 4.91. The van der Waals surface area contributed by atoms with Gasteiger partial charge < -0.3 is 11.1 Å². The number of benzene rings is 1. The van der Waals surface area contributed by atoms with Crippen molar-refractivity contribution in [2.24, 2.45) is 5.73 Å². The number of rotatable bonds is 3. The van der Waals surface area contributed by atoms with Crippen LogP contribution in [-0.2, 0) is 4.79 Å². The number of hydrogen-bond acceptors (Lipinski definition) is 3. The highest BCUT2D eigenvalue weighted by Crippen LogP contribution is 2.22. The first-order valence-electron chi connectivity index (χ1n) is 6.17. The normalized spacial score (nSPS) is 19.1. The van der Waals surface area contributed by atoms with E-state index in [1.807, 2.05) is 24.3 Å². The van der Waals surface area contributed by atoms with E-state index in [1.54, 1.807) is 0 Å². The summed E-state index contributed by atoms with van der Waals surface area (Å²) in [6.07, 6.45) is 0.954. The van der Waals surface area contributed by atoms with Gasteiger partial charge in [-0.3, -0.25) is 9.69 Å². The van der Waals surface area contributed by atoms with E-state index in [0.717, 1.165) is 25.1 Å². The van der Waals surface area contributed by atoms with Crippen molar-refractivity contribution in [2.45, 2.75) is 12.5 Å². The Morgan fingerprint density at radius 1 is 1.39 bits per heavy atom. The van der Waals surface area contributed by atoms with Crippen LogP contribution in [0.4, 0.5) is 0 Å². The van der Waals surface area contributed by atoms with Crippen molar-refractivity contribution in [2.75, 3.05) is 26.2 Å². The fraction of sp³-hybridized carbons (Fsp3) is 0.462. The largest absolute Gasteiger partial charge is 0.355 e. The van der Waals surface area contributed by atoms with Gasteiger partial charge in [0.15, 0.2) is 0 Å². The number of nitrogens with zero attached hydrogens (tertiary/aromatic N) is 1. The molecule has 0 aromatic heterocycles. The van der Waals surface area contributed by atoms with Gasteiger partial charge in [0.2, 0.25) is 5.91 Å². The van der Waals surface area contributed by atoms with E-state index < -0.39 is 0 Å². The highest BCUT2D eigenvalue weighted by molar-refractivity contribution is 6.30. The van der Waals surface area contributed by atoms with Crippen LogP contribution in [0.1, 0.15) is 18.0 Å². The zero-order valence-corrected chi connectivity index (χ0v) is 11.0. The molecule has 0 radical (unpaired) electrons. The Morgan fingerprint density at radius 2 is 2.11 bits per heavy atom. The lowest BCUT2D eigenvalue weighted by Crippen LogP contribution is -2.38. The molecule has 2 rings (SSSR count). The highest BCUT2D eigenvalue weighted by atomic mass is 35.5. The second-order valence-electron chi connectivity index (χ2n) is 4.48. The fourth-order valence-electron chi connectivity index (χ4n) is 2.28. The first-order chi connectivity index (χ1) is 8.70. The van der Waals surface area contributed by atoms with Crippen molar-refractivity contribution in [3.8, 4) is 0 Å². The lowest BCUT2D eigenvalue weighted by atomic mass is 10.1. The summed E-state index contributed by atoms with van der Waals surface area (Å²) in [6, 6.07) is 7.74. The molecule has 1 aliphatic rings. The molecule has 3 N–H and O–H groups in total. The number of carbonyl (C=O) groups excluding carboxylic acids is 1. The standard InChI is InChI=1S/C13H18ClN3O/c14-11-4-2-10(3-5-11)12(8-15)17-7-1-6-16-13(18)9-17/h2-5,12H,1,6-9,15H2,(H,16,18). The van der Waals surface area contributed by atoms with E-state index in [0.29, 0.717) is 18.1 Å². The van der Waals surface area contributed by atoms with E-state index in [4.69, 9.17) is 17.3 Å². The van der Waals surface area contributed by atoms with Crippen molar-refractivity contribution in [1.29, 1.82) is 0 Å². The maximum Gasteiger partial charge on any atom is 0.234 e. The lowest BCUT2D eigenvalue weighted by molar-refractivity contribution is -0.121. The van der Waals surface area contributed by atoms with Crippen LogP contribution in [0, 0.1) is 0 Å². The summed E-state index contributed by atoms with van der Waals surface area (Å²) in [5, 5.41) is 3.58. The van der Waals surface area contributed by atoms with Crippen LogP contribution in [0.15, 0.2) is 24.3 Å². The number of nitrogens with two attached hydrogens (primary N) is 1. The van der Waals surface area contributed by atoms with Crippen LogP contribution in [0.25, 0.3) is 0 Å². The SMILES string of the molecule is NCC(c1ccc(Cl)cc1)N1CCCNC(=O)C1. The van der Waals surface area contributed by atoms with Gasteiger partial charge in [-0.25, -0.2) is 0 Å². The summed E-state index contributed by atoms with van der Waals surface area (Å²) < 4.78 is 0. The van der Waals surface area contributed by atoms with Crippen molar-refractivity contribution in [1.82, 2.24) is 10.2 Å². The van der Waals surface area contributed by atoms with Crippen LogP contribution in [-0.4, -0.2) is 37.0 Å². The van der Waals surface area contributed by atoms with E-state index in [2.05, 4.69) is 10.2 Å². The maximum atomic E-state index is 11.6. The zero-order chi connectivity index (χ0) is 13.0. The summed E-state index contributed by atoms with van der Waals surface area (Å²) in [4.78, 5) is 13.7. The van der Waals surface area contributed by atoms with Gasteiger partial charge in [-0.2, -0.15) is 0 Å². The molecule has 98 valence electrons. The van der Waals surface area contributed by atoms with Crippen molar-refractivity contribution in [3.05, 3.63) is 34.9 Å². The van der Waals surface area contributed by atoms with Gasteiger partial charge >= 0.3 is 0 Å². The fourth-order valence-corrected chi connectivity index (χ4v) is 2.40. The van der Waals surface area contributed by atoms with Crippen molar-refractivity contribution >= 4 is 17.5 Å². The minimum atomic E-state index is 0.0694. The summed E-state index contributed by atoms with van der Waals surface area (Å²) in [7, 11) is 0. The first kappa shape index (κ1) is 13.3. The predicted octanol–water partition coefficient (Wildman–Crippen LogP) is 1.16. The van der Waals surface area contributed by atoms with Gasteiger partial charge in [0.05, 0.1) is 6.54 Å². The van der Waals surface area contributed by atoms with E-state index in [9.17, 15) is 4.79 Å². The topological polar surface area (TPSA) is 58.4 Å². The minimum Gasteiger partial charge on any atom is -0.355 e. The summed E-state index contributed by atoms with van der Waals surface area (Å²) in [5.74, 6) is 0.0694. The molecule has 0 bridgehead atoms. The van der Waals surface area contributed by atoms with Gasteiger partial charge in [0.1, 0.15) is 0 Å². The molecule has 1 fully saturated rings. The van der Waals surface area contributed by atoms with Crippen molar-refractivity contribution < 1.29 is 4.79 Å². The zero-order valence-electron chi connectivity index (χ0n) is 10.2. The molecule has 1 aliphatic heterocycles. The molecule has 1 amide bonds. The lowest BCUT2D eigenvalue weighted by Gasteiger charge is -2.29. The number of amides is 1. The van der Waals surface area contributed by atoms with Gasteiger partial charge in [-0.05, 0) is 24.1 Å². The van der Waals surface area contributed by atoms with Gasteiger partial charge in [-0.15, -0.1) is 0 Å². The van der Waals surface area contributed by atoms with E-state index in [1.165, 1.54) is 0 Å². The van der Waals surface area contributed by atoms with E-state index in [-0.39, 0.29) is 11.9 Å². The van der Waals surface area contributed by atoms with Gasteiger partial charge in [0.25, 0.3) is 0 Å². The molecule has 4 nitrogen and oxygen atoms in total. The Labute approximate surface area is 112 Å². The Bertz CT molecular complexity index is 407. The summed E-state index contributed by atoms with van der Waals surface area (Å²) in [6.45, 7) is 2.52. The third kappa shape index (κ3) is 3.22. The quantitative estimate of drug-likeness (QED) is 0.864. The molecule has 1 unspecified atom stereocenters. The van der Waals surface area contributed by atoms with Crippen LogP contribution in [0.3, 0.4) is 0 Å². The Hall–Kier alpha value is -1.10. The number of hydrogen-bond donors (Lipinski definition) is 2. The molecule has 18 heavy (non-hydrogen) atoms. The molecule has 1 heterocycles. The van der Waals surface area contributed by atoms with Gasteiger partial charge in [0, 0.05) is 30.7 Å². The number of carbonyl (C=O) groups is 1. The number of halogens is 1. The molecule has 0 aliphatic carbocycles.